The van der Waals surface area contributed by atoms with Crippen LogP contribution in [0, 0.1) is 0 Å². The van der Waals surface area contributed by atoms with Gasteiger partial charge in [-0.05, 0) is 19.1 Å². The van der Waals surface area contributed by atoms with E-state index in [9.17, 15) is 17.8 Å². The van der Waals surface area contributed by atoms with Crippen LogP contribution >= 0.6 is 0 Å². The van der Waals surface area contributed by atoms with Gasteiger partial charge in [0.2, 0.25) is 0 Å². The molecule has 15 heavy (non-hydrogen) atoms. The van der Waals surface area contributed by atoms with E-state index in [-0.39, 0.29) is 35.1 Å². The van der Waals surface area contributed by atoms with Gasteiger partial charge in [-0.1, -0.05) is 6.07 Å². The molecular formula is C8H7NaO5S. The summed E-state index contributed by atoms with van der Waals surface area (Å²) in [6.07, 6.45) is 0. The number of rotatable bonds is 2. The first kappa shape index (κ1) is 14.6. The summed E-state index contributed by atoms with van der Waals surface area (Å²) in [5.41, 5.74) is -0.292. The largest absolute Gasteiger partial charge is 1.00 e. The third-order valence-corrected chi connectivity index (χ3v) is 2.55. The first-order chi connectivity index (χ1) is 6.34. The van der Waals surface area contributed by atoms with Crippen molar-refractivity contribution >= 4 is 15.9 Å². The van der Waals surface area contributed by atoms with E-state index in [1.54, 1.807) is 0 Å². The van der Waals surface area contributed by atoms with Gasteiger partial charge in [0.25, 0.3) is 0 Å². The number of Topliss-reactive ketones (excluding diaryl/α,β-unsaturated/α-hetero) is 1. The van der Waals surface area contributed by atoms with Gasteiger partial charge in [0.1, 0.15) is 20.8 Å². The second-order valence-electron chi connectivity index (χ2n) is 2.66. The molecule has 5 nitrogen and oxygen atoms in total. The van der Waals surface area contributed by atoms with Crippen molar-refractivity contribution in [3.63, 3.8) is 0 Å². The van der Waals surface area contributed by atoms with Crippen LogP contribution in [-0.4, -0.2) is 23.9 Å². The van der Waals surface area contributed by atoms with Gasteiger partial charge in [0.05, 0.1) is 0 Å². The average Bonchev–Trinajstić information content (AvgIpc) is 2.01. The molecule has 0 radical (unpaired) electrons. The zero-order valence-corrected chi connectivity index (χ0v) is 11.0. The fourth-order valence-corrected chi connectivity index (χ4v) is 1.87. The van der Waals surface area contributed by atoms with Crippen LogP contribution in [-0.2, 0) is 10.1 Å². The van der Waals surface area contributed by atoms with Crippen molar-refractivity contribution in [3.05, 3.63) is 23.8 Å². The fourth-order valence-electron chi connectivity index (χ4n) is 1.06. The van der Waals surface area contributed by atoms with E-state index in [1.165, 1.54) is 12.1 Å². The topological polar surface area (TPSA) is 94.5 Å². The Hall–Kier alpha value is -0.400. The van der Waals surface area contributed by atoms with Gasteiger partial charge in [-0.2, -0.15) is 0 Å². The summed E-state index contributed by atoms with van der Waals surface area (Å²) in [5.74, 6) is -1.29. The molecule has 0 unspecified atom stereocenters. The Kier molecular flexibility index (Phi) is 4.95. The molecule has 1 aromatic carbocycles. The number of benzene rings is 1. The van der Waals surface area contributed by atoms with E-state index in [0.29, 0.717) is 0 Å². The molecule has 0 atom stereocenters. The maximum absolute atomic E-state index is 11.0. The quantitative estimate of drug-likeness (QED) is 0.349. The Balaban J connectivity index is 0.00000196. The first-order valence-corrected chi connectivity index (χ1v) is 5.03. The smallest absolute Gasteiger partial charge is 0.744 e. The number of hydrogen-bond acceptors (Lipinski definition) is 5. The summed E-state index contributed by atoms with van der Waals surface area (Å²) < 4.78 is 32.1. The van der Waals surface area contributed by atoms with Gasteiger partial charge in [-0.15, -0.1) is 0 Å². The maximum atomic E-state index is 11.0. The van der Waals surface area contributed by atoms with Crippen LogP contribution in [0.1, 0.15) is 17.3 Å². The van der Waals surface area contributed by atoms with Gasteiger partial charge in [0, 0.05) is 5.56 Å². The van der Waals surface area contributed by atoms with Gasteiger partial charge < -0.3 is 9.66 Å². The number of carbonyl (C=O) groups is 1. The second-order valence-corrected chi connectivity index (χ2v) is 3.98. The van der Waals surface area contributed by atoms with Crippen LogP contribution in [0.4, 0.5) is 0 Å². The standard InChI is InChI=1S/C8H8O5S.Na/c1-5(9)6-3-2-4-7(10)8(6)14(11,12)13;/h2-4,10H,1H3,(H,11,12,13);/q;+1/p-1. The molecule has 0 aliphatic heterocycles. The molecule has 0 amide bonds. The van der Waals surface area contributed by atoms with Gasteiger partial charge in [0.15, 0.2) is 5.78 Å². The monoisotopic (exact) mass is 238 g/mol. The number of hydrogen-bond donors (Lipinski definition) is 1. The Morgan fingerprint density at radius 1 is 1.40 bits per heavy atom. The van der Waals surface area contributed by atoms with E-state index in [0.717, 1.165) is 13.0 Å². The van der Waals surface area contributed by atoms with Gasteiger partial charge in [-0.3, -0.25) is 4.79 Å². The maximum Gasteiger partial charge on any atom is 1.00 e. The molecule has 0 aliphatic rings. The second kappa shape index (κ2) is 5.09. The van der Waals surface area contributed by atoms with Crippen LogP contribution in [0.3, 0.4) is 0 Å². The summed E-state index contributed by atoms with van der Waals surface area (Å²) in [6, 6.07) is 3.50. The molecule has 0 aromatic heterocycles. The first-order valence-electron chi connectivity index (χ1n) is 3.63. The Bertz CT molecular complexity index is 480. The molecule has 0 saturated heterocycles. The van der Waals surface area contributed by atoms with Crippen LogP contribution in [0.2, 0.25) is 0 Å². The van der Waals surface area contributed by atoms with Crippen molar-refractivity contribution in [3.8, 4) is 5.75 Å². The van der Waals surface area contributed by atoms with Crippen LogP contribution in [0.15, 0.2) is 23.1 Å². The van der Waals surface area contributed by atoms with Crippen molar-refractivity contribution < 1.29 is 52.4 Å². The van der Waals surface area contributed by atoms with E-state index >= 15 is 0 Å². The van der Waals surface area contributed by atoms with Crippen molar-refractivity contribution in [1.29, 1.82) is 0 Å². The molecule has 1 N–H and O–H groups in total. The number of carbonyl (C=O) groups excluding carboxylic acids is 1. The summed E-state index contributed by atoms with van der Waals surface area (Å²) in [7, 11) is -4.83. The summed E-state index contributed by atoms with van der Waals surface area (Å²) in [4.78, 5) is 10.1. The molecule has 0 heterocycles. The molecule has 0 bridgehead atoms. The minimum atomic E-state index is -4.83. The Labute approximate surface area is 109 Å². The number of aromatic hydroxyl groups is 1. The molecule has 1 aromatic rings. The predicted octanol–water partition coefficient (Wildman–Crippen LogP) is -2.50. The summed E-state index contributed by atoms with van der Waals surface area (Å²) in [6.45, 7) is 1.11. The molecule has 1 rings (SSSR count). The zero-order valence-electron chi connectivity index (χ0n) is 8.22. The minimum absolute atomic E-state index is 0. The van der Waals surface area contributed by atoms with E-state index in [4.69, 9.17) is 5.11 Å². The van der Waals surface area contributed by atoms with Crippen molar-refractivity contribution in [1.82, 2.24) is 0 Å². The molecule has 0 aliphatic carbocycles. The van der Waals surface area contributed by atoms with E-state index in [2.05, 4.69) is 0 Å². The van der Waals surface area contributed by atoms with E-state index in [1.807, 2.05) is 0 Å². The van der Waals surface area contributed by atoms with Crippen LogP contribution in [0.5, 0.6) is 5.75 Å². The third-order valence-electron chi connectivity index (χ3n) is 1.62. The van der Waals surface area contributed by atoms with Crippen molar-refractivity contribution in [2.45, 2.75) is 11.8 Å². The zero-order chi connectivity index (χ0) is 10.9. The van der Waals surface area contributed by atoms with Crippen molar-refractivity contribution in [2.24, 2.45) is 0 Å². The summed E-state index contributed by atoms with van der Waals surface area (Å²) >= 11 is 0. The molecular weight excluding hydrogens is 231 g/mol. The summed E-state index contributed by atoms with van der Waals surface area (Å²) in [5, 5.41) is 9.14. The van der Waals surface area contributed by atoms with Crippen LogP contribution < -0.4 is 29.6 Å². The SMILES string of the molecule is CC(=O)c1cccc(O)c1S(=O)(=O)[O-].[Na+]. The molecule has 76 valence electrons. The predicted molar refractivity (Wildman–Crippen MR) is 46.1 cm³/mol. The van der Waals surface area contributed by atoms with Crippen LogP contribution in [0.25, 0.3) is 0 Å². The fraction of sp³-hybridized carbons (Fsp3) is 0.125. The van der Waals surface area contributed by atoms with Gasteiger partial charge >= 0.3 is 29.6 Å². The van der Waals surface area contributed by atoms with Gasteiger partial charge in [-0.25, -0.2) is 8.42 Å². The molecule has 7 heteroatoms. The Morgan fingerprint density at radius 2 is 1.93 bits per heavy atom. The number of phenols is 1. The number of ketones is 1. The molecule has 0 spiro atoms. The van der Waals surface area contributed by atoms with Crippen molar-refractivity contribution in [2.75, 3.05) is 0 Å². The normalized spacial score (nSPS) is 10.5. The molecule has 0 fully saturated rings. The minimum Gasteiger partial charge on any atom is -0.744 e. The van der Waals surface area contributed by atoms with E-state index < -0.39 is 26.5 Å². The average molecular weight is 238 g/mol. The molecule has 0 saturated carbocycles. The Morgan fingerprint density at radius 3 is 2.27 bits per heavy atom. The number of phenolic OH excluding ortho intramolecular Hbond substituents is 1. The third kappa shape index (κ3) is 3.29.